The number of aromatic hydroxyl groups is 1. The molecule has 0 unspecified atom stereocenters. The fourth-order valence-electron chi connectivity index (χ4n) is 8.97. The molecule has 22 heteroatoms. The number of benzene rings is 3. The lowest BCUT2D eigenvalue weighted by Crippen LogP contribution is -2.56. The molecule has 0 aliphatic carbocycles. The molecular formula is C56H50F2N6O14. The fourth-order valence-corrected chi connectivity index (χ4v) is 8.97. The average Bonchev–Trinajstić information content (AvgIpc) is 3.34. The number of pyridine rings is 4. The lowest BCUT2D eigenvalue weighted by molar-refractivity contribution is -0.144. The quantitative estimate of drug-likeness (QED) is 0.0764. The number of amides is 2. The Morgan fingerprint density at radius 2 is 1.33 bits per heavy atom. The standard InChI is InChI=1S/C28H29FN4O7.C28H21FN2O7/c1-28(2)15-39-11-9-33(28)26(36)19-14-32-22-21(23(34)20(27(32)37)25(35)30-8-10-38-3)31-13-17(24(22)40-19)12-16-4-6-18(29)7-5-16;1-2-36-28(35)21-25(37-15-17-6-4-3-5-7-17)22-23-24(38-20(27(33)34)14-31(23)26(21)32)18(13-30-22)12-16-8-10-19(29)11-9-16/h4-7,13-14,34H,8-12,15H2,1-3H3,(H,30,35);3-11,13-14H,2,12,15H2,1H3,(H,33,34). The van der Waals surface area contributed by atoms with Crippen LogP contribution in [0.1, 0.15) is 69.3 Å². The second-order valence-electron chi connectivity index (χ2n) is 18.6. The minimum Gasteiger partial charge on any atom is -0.505 e. The van der Waals surface area contributed by atoms with Gasteiger partial charge >= 0.3 is 11.9 Å². The molecule has 7 aromatic rings. The third-order valence-electron chi connectivity index (χ3n) is 12.8. The van der Waals surface area contributed by atoms with Crippen LogP contribution in [0.25, 0.3) is 34.5 Å². The van der Waals surface area contributed by atoms with Crippen molar-refractivity contribution in [3.05, 3.63) is 174 Å². The molecule has 3 aliphatic heterocycles. The van der Waals surface area contributed by atoms with Gasteiger partial charge in [0.2, 0.25) is 11.5 Å². The smallest absolute Gasteiger partial charge is 0.373 e. The van der Waals surface area contributed by atoms with Crippen molar-refractivity contribution in [3.8, 4) is 23.0 Å². The first kappa shape index (κ1) is 53.5. The van der Waals surface area contributed by atoms with E-state index in [1.807, 2.05) is 44.2 Å². The molecule has 0 saturated carbocycles. The van der Waals surface area contributed by atoms with Gasteiger partial charge in [-0.05, 0) is 61.7 Å². The number of ether oxygens (including phenoxy) is 6. The molecule has 7 heterocycles. The number of nitrogens with one attached hydrogen (secondary N) is 1. The van der Waals surface area contributed by atoms with Crippen LogP contribution < -0.4 is 30.6 Å². The number of nitrogens with zero attached hydrogens (tertiary/aromatic N) is 5. The van der Waals surface area contributed by atoms with Crippen LogP contribution in [0.4, 0.5) is 8.78 Å². The third-order valence-corrected chi connectivity index (χ3v) is 12.8. The number of carboxylic acids is 1. The molecule has 2 amide bonds. The maximum Gasteiger partial charge on any atom is 0.373 e. The Morgan fingerprint density at radius 3 is 1.91 bits per heavy atom. The molecule has 402 valence electrons. The van der Waals surface area contributed by atoms with Crippen LogP contribution in [0.3, 0.4) is 0 Å². The summed E-state index contributed by atoms with van der Waals surface area (Å²) in [4.78, 5) is 89.2. The molecule has 3 aromatic carbocycles. The highest BCUT2D eigenvalue weighted by molar-refractivity contribution is 6.05. The highest BCUT2D eigenvalue weighted by atomic mass is 19.1. The number of carboxylic acid groups (broad SMARTS) is 1. The summed E-state index contributed by atoms with van der Waals surface area (Å²) in [6.45, 7) is 6.62. The van der Waals surface area contributed by atoms with Crippen LogP contribution in [0.15, 0.2) is 112 Å². The Kier molecular flexibility index (Phi) is 15.5. The van der Waals surface area contributed by atoms with Gasteiger partial charge in [-0.3, -0.25) is 38.3 Å². The van der Waals surface area contributed by atoms with Crippen molar-refractivity contribution in [3.63, 3.8) is 0 Å². The van der Waals surface area contributed by atoms with Gasteiger partial charge in [-0.25, -0.2) is 18.4 Å². The van der Waals surface area contributed by atoms with Crippen LogP contribution in [-0.4, -0.2) is 110 Å². The van der Waals surface area contributed by atoms with Crippen LogP contribution in [0, 0.1) is 11.6 Å². The largest absolute Gasteiger partial charge is 0.505 e. The number of methoxy groups -OCH3 is 1. The fraction of sp³-hybridized carbons (Fsp3) is 0.250. The van der Waals surface area contributed by atoms with Gasteiger partial charge in [-0.15, -0.1) is 0 Å². The highest BCUT2D eigenvalue weighted by Gasteiger charge is 2.39. The lowest BCUT2D eigenvalue weighted by atomic mass is 10.0. The van der Waals surface area contributed by atoms with Crippen LogP contribution in [0.5, 0.6) is 23.0 Å². The summed E-state index contributed by atoms with van der Waals surface area (Å²) >= 11 is 0. The zero-order chi connectivity index (χ0) is 55.4. The van der Waals surface area contributed by atoms with Gasteiger partial charge in [0.15, 0.2) is 28.6 Å². The van der Waals surface area contributed by atoms with Gasteiger partial charge < -0.3 is 48.9 Å². The Balaban J connectivity index is 0.000000190. The molecule has 0 atom stereocenters. The van der Waals surface area contributed by atoms with Crippen molar-refractivity contribution < 1.29 is 66.6 Å². The predicted octanol–water partition coefficient (Wildman–Crippen LogP) is 6.19. The molecule has 4 aromatic heterocycles. The molecule has 0 bridgehead atoms. The molecular weight excluding hydrogens is 1020 g/mol. The van der Waals surface area contributed by atoms with Crippen molar-refractivity contribution in [2.24, 2.45) is 0 Å². The summed E-state index contributed by atoms with van der Waals surface area (Å²) in [5, 5.41) is 23.2. The van der Waals surface area contributed by atoms with Gasteiger partial charge in [0, 0.05) is 56.6 Å². The van der Waals surface area contributed by atoms with E-state index in [-0.39, 0.29) is 84.3 Å². The number of carbonyl (C=O) groups is 4. The first-order chi connectivity index (χ1) is 37.5. The van der Waals surface area contributed by atoms with Crippen molar-refractivity contribution in [2.75, 3.05) is 46.6 Å². The third kappa shape index (κ3) is 10.8. The number of halogens is 2. The number of hydrogen-bond donors (Lipinski definition) is 3. The number of morpholine rings is 1. The monoisotopic (exact) mass is 1070 g/mol. The molecule has 1 saturated heterocycles. The summed E-state index contributed by atoms with van der Waals surface area (Å²) in [5.41, 5.74) is 0.177. The normalized spacial score (nSPS) is 14.0. The molecule has 20 nitrogen and oxygen atoms in total. The Labute approximate surface area is 442 Å². The van der Waals surface area contributed by atoms with Crippen molar-refractivity contribution in [2.45, 2.75) is 45.8 Å². The molecule has 3 aliphatic rings. The van der Waals surface area contributed by atoms with Crippen LogP contribution >= 0.6 is 0 Å². The van der Waals surface area contributed by atoms with E-state index in [2.05, 4.69) is 15.3 Å². The van der Waals surface area contributed by atoms with E-state index in [1.54, 1.807) is 36.1 Å². The number of rotatable bonds is 15. The molecule has 0 spiro atoms. The first-order valence-corrected chi connectivity index (χ1v) is 24.4. The number of hydrogen-bond acceptors (Lipinski definition) is 15. The highest BCUT2D eigenvalue weighted by Crippen LogP contribution is 2.41. The van der Waals surface area contributed by atoms with Gasteiger partial charge in [0.05, 0.1) is 44.4 Å². The lowest BCUT2D eigenvalue weighted by Gasteiger charge is -2.42. The zero-order valence-corrected chi connectivity index (χ0v) is 42.5. The zero-order valence-electron chi connectivity index (χ0n) is 42.5. The molecule has 10 rings (SSSR count). The molecule has 3 N–H and O–H groups in total. The Hall–Kier alpha value is -9.28. The summed E-state index contributed by atoms with van der Waals surface area (Å²) in [5.74, 6) is -5.61. The van der Waals surface area contributed by atoms with Crippen molar-refractivity contribution in [1.82, 2.24) is 29.3 Å². The average molecular weight is 1070 g/mol. The maximum absolute atomic E-state index is 13.7. The predicted molar refractivity (Wildman–Crippen MR) is 277 cm³/mol. The number of carbonyl (C=O) groups excluding carboxylic acids is 3. The maximum atomic E-state index is 13.7. The van der Waals surface area contributed by atoms with E-state index in [1.165, 1.54) is 50.0 Å². The van der Waals surface area contributed by atoms with Crippen molar-refractivity contribution >= 4 is 58.2 Å². The Morgan fingerprint density at radius 1 is 0.769 bits per heavy atom. The van der Waals surface area contributed by atoms with E-state index in [9.17, 15) is 47.8 Å². The number of aliphatic carboxylic acids is 1. The van der Waals surface area contributed by atoms with Gasteiger partial charge in [-0.2, -0.15) is 0 Å². The SMILES string of the molecule is CCOC(=O)c1c(OCc2ccccc2)c2ncc(Cc3ccc(F)cc3)c3c2n(c1=O)C=C(C(=O)O)O3.COCCNC(=O)c1c(O)c2ncc(Cc3ccc(F)cc3)c3c2n(c1=O)C=C(C(=O)N1CCOCC1(C)C)O3. The Bertz CT molecular complexity index is 3710. The van der Waals surface area contributed by atoms with E-state index < -0.39 is 74.7 Å². The van der Waals surface area contributed by atoms with Crippen LogP contribution in [0.2, 0.25) is 0 Å². The minimum absolute atomic E-state index is 0.00302. The summed E-state index contributed by atoms with van der Waals surface area (Å²) in [7, 11) is 1.46. The summed E-state index contributed by atoms with van der Waals surface area (Å²) in [6.07, 6.45) is 5.54. The minimum atomic E-state index is -1.41. The van der Waals surface area contributed by atoms with E-state index in [4.69, 9.17) is 28.4 Å². The summed E-state index contributed by atoms with van der Waals surface area (Å²) < 4.78 is 62.5. The van der Waals surface area contributed by atoms with Gasteiger partial charge in [-0.1, -0.05) is 54.6 Å². The molecule has 78 heavy (non-hydrogen) atoms. The van der Waals surface area contributed by atoms with Gasteiger partial charge in [0.1, 0.15) is 45.9 Å². The van der Waals surface area contributed by atoms with Crippen LogP contribution in [-0.2, 0) is 43.2 Å². The number of aromatic nitrogens is 4. The topological polar surface area (TPSA) is 249 Å². The van der Waals surface area contributed by atoms with Crippen molar-refractivity contribution in [1.29, 1.82) is 0 Å². The summed E-state index contributed by atoms with van der Waals surface area (Å²) in [6, 6.07) is 20.7. The molecule has 0 radical (unpaired) electrons. The van der Waals surface area contributed by atoms with E-state index >= 15 is 0 Å². The van der Waals surface area contributed by atoms with E-state index in [0.29, 0.717) is 36.4 Å². The number of esters is 1. The van der Waals surface area contributed by atoms with Gasteiger partial charge in [0.25, 0.3) is 22.9 Å². The molecule has 1 fully saturated rings. The second-order valence-corrected chi connectivity index (χ2v) is 18.6. The second kappa shape index (κ2) is 22.5. The first-order valence-electron chi connectivity index (χ1n) is 24.4. The van der Waals surface area contributed by atoms with E-state index in [0.717, 1.165) is 26.5 Å².